The van der Waals surface area contributed by atoms with Crippen LogP contribution in [-0.4, -0.2) is 37.2 Å². The summed E-state index contributed by atoms with van der Waals surface area (Å²) in [5.74, 6) is -1.05. The van der Waals surface area contributed by atoms with Crippen LogP contribution in [0.15, 0.2) is 35.4 Å². The van der Waals surface area contributed by atoms with Gasteiger partial charge in [-0.3, -0.25) is 29.9 Å². The molecule has 0 bridgehead atoms. The zero-order valence-corrected chi connectivity index (χ0v) is 11.7. The average Bonchev–Trinajstić information content (AvgIpc) is 2.89. The van der Waals surface area contributed by atoms with Gasteiger partial charge < -0.3 is 5.32 Å². The van der Waals surface area contributed by atoms with E-state index in [1.165, 1.54) is 12.4 Å². The summed E-state index contributed by atoms with van der Waals surface area (Å²) in [5, 5.41) is 17.7. The maximum Gasteiger partial charge on any atom is 0.271 e. The molecule has 23 heavy (non-hydrogen) atoms. The van der Waals surface area contributed by atoms with Crippen LogP contribution in [0.1, 0.15) is 6.42 Å². The fourth-order valence-corrected chi connectivity index (χ4v) is 1.94. The largest absolute Gasteiger partial charge is 0.326 e. The van der Waals surface area contributed by atoms with Crippen LogP contribution in [0.3, 0.4) is 0 Å². The van der Waals surface area contributed by atoms with E-state index in [2.05, 4.69) is 36.0 Å². The third-order valence-electron chi connectivity index (χ3n) is 2.91. The van der Waals surface area contributed by atoms with Crippen LogP contribution in [-0.2, 0) is 9.59 Å². The molecule has 0 radical (unpaired) electrons. The Morgan fingerprint density at radius 1 is 1.09 bits per heavy atom. The van der Waals surface area contributed by atoms with E-state index >= 15 is 0 Å². The number of nitrogens with zero attached hydrogens (tertiary/aromatic N) is 3. The Bertz CT molecular complexity index is 916. The summed E-state index contributed by atoms with van der Waals surface area (Å²) in [6.45, 7) is 0. The number of H-pyrrole nitrogens is 2. The van der Waals surface area contributed by atoms with Gasteiger partial charge in [-0.25, -0.2) is 4.98 Å². The van der Waals surface area contributed by atoms with Crippen molar-refractivity contribution in [1.82, 2.24) is 25.4 Å². The predicted octanol–water partition coefficient (Wildman–Crippen LogP) is 0.00850. The molecule has 2 heterocycles. The van der Waals surface area contributed by atoms with Crippen molar-refractivity contribution in [3.63, 3.8) is 0 Å². The molecular formula is C13H11N7O3. The molecule has 10 nitrogen and oxygen atoms in total. The third-order valence-corrected chi connectivity index (χ3v) is 2.91. The molecule has 0 saturated carbocycles. The molecule has 116 valence electrons. The monoisotopic (exact) mass is 313 g/mol. The number of fused-ring (bicyclic) bond motifs is 1. The molecule has 2 aromatic heterocycles. The molecule has 3 aromatic rings. The van der Waals surface area contributed by atoms with Gasteiger partial charge in [0, 0.05) is 5.69 Å². The minimum Gasteiger partial charge on any atom is -0.326 e. The molecule has 0 aliphatic heterocycles. The van der Waals surface area contributed by atoms with E-state index in [1.807, 2.05) is 0 Å². The first kappa shape index (κ1) is 14.4. The predicted molar refractivity (Wildman–Crippen MR) is 80.6 cm³/mol. The Kier molecular flexibility index (Phi) is 3.78. The number of benzene rings is 1. The smallest absolute Gasteiger partial charge is 0.271 e. The highest BCUT2D eigenvalue weighted by molar-refractivity contribution is 6.07. The second kappa shape index (κ2) is 6.05. The second-order valence-electron chi connectivity index (χ2n) is 4.58. The molecule has 10 heteroatoms. The van der Waals surface area contributed by atoms with Crippen molar-refractivity contribution in [1.29, 1.82) is 0 Å². The van der Waals surface area contributed by atoms with E-state index < -0.39 is 18.2 Å². The summed E-state index contributed by atoms with van der Waals surface area (Å²) in [5.41, 5.74) is 0.776. The third kappa shape index (κ3) is 3.37. The van der Waals surface area contributed by atoms with Crippen LogP contribution < -0.4 is 16.2 Å². The van der Waals surface area contributed by atoms with Crippen LogP contribution in [0.4, 0.5) is 11.6 Å². The van der Waals surface area contributed by atoms with Crippen LogP contribution in [0, 0.1) is 0 Å². The lowest BCUT2D eigenvalue weighted by molar-refractivity contribution is -0.123. The number of nitrogens with one attached hydrogen (secondary N) is 4. The molecule has 0 aliphatic rings. The number of aromatic nitrogens is 5. The summed E-state index contributed by atoms with van der Waals surface area (Å²) in [6, 6.07) is 4.74. The summed E-state index contributed by atoms with van der Waals surface area (Å²) in [6.07, 6.45) is 2.33. The van der Waals surface area contributed by atoms with Crippen molar-refractivity contribution >= 4 is 34.4 Å². The van der Waals surface area contributed by atoms with Crippen LogP contribution in [0.25, 0.3) is 10.9 Å². The van der Waals surface area contributed by atoms with E-state index in [-0.39, 0.29) is 11.5 Å². The topological polar surface area (TPSA) is 146 Å². The highest BCUT2D eigenvalue weighted by Gasteiger charge is 2.12. The molecule has 0 fully saturated rings. The highest BCUT2D eigenvalue weighted by Crippen LogP contribution is 2.14. The lowest BCUT2D eigenvalue weighted by Gasteiger charge is -2.05. The van der Waals surface area contributed by atoms with Crippen LogP contribution in [0.2, 0.25) is 0 Å². The second-order valence-corrected chi connectivity index (χ2v) is 4.58. The van der Waals surface area contributed by atoms with Gasteiger partial charge in [-0.15, -0.1) is 5.10 Å². The van der Waals surface area contributed by atoms with Gasteiger partial charge in [0.1, 0.15) is 6.42 Å². The number of aromatic amines is 2. The number of amides is 2. The van der Waals surface area contributed by atoms with Crippen molar-refractivity contribution in [2.24, 2.45) is 0 Å². The lowest BCUT2D eigenvalue weighted by atomic mass is 10.2. The molecule has 0 unspecified atom stereocenters. The minimum atomic E-state index is -0.563. The van der Waals surface area contributed by atoms with Gasteiger partial charge in [0.05, 0.1) is 23.3 Å². The zero-order chi connectivity index (χ0) is 16.2. The number of carbonyl (C=O) groups excluding carboxylic acids is 2. The quantitative estimate of drug-likeness (QED) is 0.499. The molecule has 2 amide bonds. The maximum atomic E-state index is 11.8. The maximum absolute atomic E-state index is 11.8. The fraction of sp³-hybridized carbons (Fsp3) is 0.0769. The van der Waals surface area contributed by atoms with Crippen molar-refractivity contribution < 1.29 is 9.59 Å². The molecule has 4 N–H and O–H groups in total. The van der Waals surface area contributed by atoms with Gasteiger partial charge in [-0.2, -0.15) is 5.10 Å². The fourth-order valence-electron chi connectivity index (χ4n) is 1.94. The van der Waals surface area contributed by atoms with E-state index in [9.17, 15) is 14.4 Å². The van der Waals surface area contributed by atoms with Crippen LogP contribution in [0.5, 0.6) is 0 Å². The normalized spacial score (nSPS) is 10.4. The van der Waals surface area contributed by atoms with Crippen molar-refractivity contribution in [2.75, 3.05) is 10.6 Å². The Hall–Kier alpha value is -3.56. The summed E-state index contributed by atoms with van der Waals surface area (Å²) < 4.78 is 0. The van der Waals surface area contributed by atoms with E-state index in [0.717, 1.165) is 0 Å². The standard InChI is InChI=1S/C13H11N7O3/c21-10(6-11(22)17-13-14-3-4-15-20-13)16-7-1-2-8-9(5-7)18-19-12(8)23/h1-5H,6H2,(H,16,21)(H2,18,19,23)(H,14,17,20,22). The first-order chi connectivity index (χ1) is 11.1. The number of rotatable bonds is 4. The molecule has 3 rings (SSSR count). The average molecular weight is 313 g/mol. The molecule has 0 saturated heterocycles. The Labute approximate surface area is 128 Å². The van der Waals surface area contributed by atoms with Gasteiger partial charge in [0.2, 0.25) is 17.8 Å². The number of hydrogen-bond acceptors (Lipinski definition) is 6. The molecule has 1 aromatic carbocycles. The van der Waals surface area contributed by atoms with Crippen molar-refractivity contribution in [3.05, 3.63) is 40.9 Å². The van der Waals surface area contributed by atoms with E-state index in [4.69, 9.17) is 0 Å². The van der Waals surface area contributed by atoms with Gasteiger partial charge in [0.25, 0.3) is 5.56 Å². The van der Waals surface area contributed by atoms with E-state index in [0.29, 0.717) is 16.6 Å². The number of carbonyl (C=O) groups is 2. The molecule has 0 aliphatic carbocycles. The summed E-state index contributed by atoms with van der Waals surface area (Å²) in [4.78, 5) is 38.7. The first-order valence-corrected chi connectivity index (χ1v) is 6.55. The molecular weight excluding hydrogens is 302 g/mol. The van der Waals surface area contributed by atoms with Gasteiger partial charge in [-0.05, 0) is 18.2 Å². The Morgan fingerprint density at radius 2 is 1.91 bits per heavy atom. The Balaban J connectivity index is 1.61. The lowest BCUT2D eigenvalue weighted by Crippen LogP contribution is -2.22. The van der Waals surface area contributed by atoms with E-state index in [1.54, 1.807) is 18.2 Å². The summed E-state index contributed by atoms with van der Waals surface area (Å²) >= 11 is 0. The zero-order valence-electron chi connectivity index (χ0n) is 11.7. The number of anilines is 2. The van der Waals surface area contributed by atoms with Crippen molar-refractivity contribution in [2.45, 2.75) is 6.42 Å². The van der Waals surface area contributed by atoms with Crippen molar-refractivity contribution in [3.8, 4) is 0 Å². The first-order valence-electron chi connectivity index (χ1n) is 6.55. The van der Waals surface area contributed by atoms with Gasteiger partial charge in [-0.1, -0.05) is 0 Å². The van der Waals surface area contributed by atoms with Gasteiger partial charge >= 0.3 is 0 Å². The Morgan fingerprint density at radius 3 is 2.70 bits per heavy atom. The molecule has 0 spiro atoms. The number of hydrogen-bond donors (Lipinski definition) is 4. The minimum absolute atomic E-state index is 0.0246. The summed E-state index contributed by atoms with van der Waals surface area (Å²) in [7, 11) is 0. The SMILES string of the molecule is O=C(CC(=O)Nc1nccnn1)Nc1ccc2c(=O)[nH][nH]c2c1. The highest BCUT2D eigenvalue weighted by atomic mass is 16.2. The van der Waals surface area contributed by atoms with Gasteiger partial charge in [0.15, 0.2) is 0 Å². The van der Waals surface area contributed by atoms with Crippen LogP contribution >= 0.6 is 0 Å². The molecule has 0 atom stereocenters.